The first-order valence-electron chi connectivity index (χ1n) is 6.62. The fraction of sp³-hybridized carbons (Fsp3) is 0.533. The predicted octanol–water partition coefficient (Wildman–Crippen LogP) is 2.24. The number of benzene rings is 1. The third-order valence-corrected chi connectivity index (χ3v) is 3.01. The summed E-state index contributed by atoms with van der Waals surface area (Å²) in [6.45, 7) is 7.43. The van der Waals surface area contributed by atoms with Gasteiger partial charge >= 0.3 is 6.09 Å². The number of anilines is 1. The van der Waals surface area contributed by atoms with Crippen LogP contribution >= 0.6 is 0 Å². The van der Waals surface area contributed by atoms with Crippen LogP contribution in [0.1, 0.15) is 33.3 Å². The van der Waals surface area contributed by atoms with E-state index in [0.29, 0.717) is 5.69 Å². The van der Waals surface area contributed by atoms with Gasteiger partial charge in [0.25, 0.3) is 0 Å². The first kappa shape index (κ1) is 16.5. The van der Waals surface area contributed by atoms with Crippen LogP contribution in [-0.4, -0.2) is 30.0 Å². The molecule has 0 spiro atoms. The van der Waals surface area contributed by atoms with Gasteiger partial charge in [0.05, 0.1) is 6.61 Å². The van der Waals surface area contributed by atoms with Crippen LogP contribution in [0.2, 0.25) is 0 Å². The molecule has 0 aliphatic rings. The van der Waals surface area contributed by atoms with Crippen LogP contribution in [0, 0.1) is 0 Å². The smallest absolute Gasteiger partial charge is 0.412 e. The second-order valence-electron chi connectivity index (χ2n) is 6.10. The summed E-state index contributed by atoms with van der Waals surface area (Å²) in [5.41, 5.74) is 5.97. The lowest BCUT2D eigenvalue weighted by molar-refractivity contribution is 0.0635. The molecule has 0 bridgehead atoms. The molecule has 112 valence electrons. The van der Waals surface area contributed by atoms with Gasteiger partial charge in [0.15, 0.2) is 0 Å². The number of carbonyl (C=O) groups excluding carboxylic acids is 1. The highest BCUT2D eigenvalue weighted by Crippen LogP contribution is 2.29. The van der Waals surface area contributed by atoms with E-state index in [1.807, 2.05) is 25.1 Å². The first-order chi connectivity index (χ1) is 9.22. The molecule has 20 heavy (non-hydrogen) atoms. The number of aliphatic hydroxyl groups is 1. The summed E-state index contributed by atoms with van der Waals surface area (Å²) in [5, 5.41) is 12.3. The fourth-order valence-electron chi connectivity index (χ4n) is 1.79. The number of nitrogens with two attached hydrogens (primary N) is 1. The normalized spacial score (nSPS) is 14.5. The van der Waals surface area contributed by atoms with Crippen LogP contribution in [0.5, 0.6) is 0 Å². The molecule has 0 fully saturated rings. The number of para-hydroxylation sites is 1. The molecule has 0 aliphatic heterocycles. The summed E-state index contributed by atoms with van der Waals surface area (Å²) in [7, 11) is 0. The SMILES string of the molecule is CC(C)(C)OC(=O)Nc1ccccc1C(C)(CN)CO. The molecule has 0 saturated heterocycles. The van der Waals surface area contributed by atoms with Crippen LogP contribution in [0.25, 0.3) is 0 Å². The molecule has 0 radical (unpaired) electrons. The lowest BCUT2D eigenvalue weighted by Crippen LogP contribution is -2.37. The Balaban J connectivity index is 3.00. The van der Waals surface area contributed by atoms with Crippen molar-refractivity contribution in [1.82, 2.24) is 0 Å². The zero-order valence-electron chi connectivity index (χ0n) is 12.6. The molecule has 1 atom stereocenters. The Morgan fingerprint density at radius 2 is 1.90 bits per heavy atom. The number of ether oxygens (including phenoxy) is 1. The number of aliphatic hydroxyl groups excluding tert-OH is 1. The largest absolute Gasteiger partial charge is 0.444 e. The molecule has 1 rings (SSSR count). The number of hydrogen-bond donors (Lipinski definition) is 3. The number of amides is 1. The molecule has 0 heterocycles. The average Bonchev–Trinajstić information content (AvgIpc) is 2.36. The quantitative estimate of drug-likeness (QED) is 0.789. The molecular weight excluding hydrogens is 256 g/mol. The van der Waals surface area contributed by atoms with E-state index >= 15 is 0 Å². The van der Waals surface area contributed by atoms with Crippen molar-refractivity contribution >= 4 is 11.8 Å². The van der Waals surface area contributed by atoms with Crippen molar-refractivity contribution in [2.24, 2.45) is 5.73 Å². The third-order valence-electron chi connectivity index (χ3n) is 3.01. The molecule has 1 unspecified atom stereocenters. The molecule has 1 aromatic carbocycles. The summed E-state index contributed by atoms with van der Waals surface area (Å²) in [5.74, 6) is 0. The van der Waals surface area contributed by atoms with Crippen LogP contribution in [0.15, 0.2) is 24.3 Å². The lowest BCUT2D eigenvalue weighted by Gasteiger charge is -2.29. The van der Waals surface area contributed by atoms with Gasteiger partial charge in [0.2, 0.25) is 0 Å². The van der Waals surface area contributed by atoms with E-state index in [9.17, 15) is 9.90 Å². The van der Waals surface area contributed by atoms with Crippen LogP contribution < -0.4 is 11.1 Å². The minimum atomic E-state index is -0.606. The molecule has 5 nitrogen and oxygen atoms in total. The Labute approximate surface area is 120 Å². The number of carbonyl (C=O) groups is 1. The van der Waals surface area contributed by atoms with Gasteiger partial charge in [-0.15, -0.1) is 0 Å². The predicted molar refractivity (Wildman–Crippen MR) is 79.8 cm³/mol. The molecule has 0 aliphatic carbocycles. The van der Waals surface area contributed by atoms with E-state index in [1.54, 1.807) is 26.8 Å². The second-order valence-corrected chi connectivity index (χ2v) is 6.10. The van der Waals surface area contributed by atoms with E-state index in [4.69, 9.17) is 10.5 Å². The highest BCUT2D eigenvalue weighted by Gasteiger charge is 2.28. The van der Waals surface area contributed by atoms with Crippen molar-refractivity contribution in [3.63, 3.8) is 0 Å². The van der Waals surface area contributed by atoms with Gasteiger partial charge in [-0.3, -0.25) is 5.32 Å². The van der Waals surface area contributed by atoms with E-state index in [-0.39, 0.29) is 13.2 Å². The maximum atomic E-state index is 11.9. The van der Waals surface area contributed by atoms with E-state index < -0.39 is 17.1 Å². The zero-order valence-corrected chi connectivity index (χ0v) is 12.6. The lowest BCUT2D eigenvalue weighted by atomic mass is 9.82. The Morgan fingerprint density at radius 3 is 2.40 bits per heavy atom. The molecule has 5 heteroatoms. The number of rotatable bonds is 4. The van der Waals surface area contributed by atoms with Crippen molar-refractivity contribution in [2.75, 3.05) is 18.5 Å². The summed E-state index contributed by atoms with van der Waals surface area (Å²) in [6.07, 6.45) is -0.526. The highest BCUT2D eigenvalue weighted by molar-refractivity contribution is 5.86. The molecule has 1 aromatic rings. The number of hydrogen-bond acceptors (Lipinski definition) is 4. The topological polar surface area (TPSA) is 84.6 Å². The Kier molecular flexibility index (Phi) is 5.14. The summed E-state index contributed by atoms with van der Waals surface area (Å²) in [4.78, 5) is 11.9. The van der Waals surface area contributed by atoms with Gasteiger partial charge in [-0.2, -0.15) is 0 Å². The Bertz CT molecular complexity index is 462. The monoisotopic (exact) mass is 280 g/mol. The fourth-order valence-corrected chi connectivity index (χ4v) is 1.79. The zero-order chi connectivity index (χ0) is 15.4. The van der Waals surface area contributed by atoms with E-state index in [1.165, 1.54) is 0 Å². The van der Waals surface area contributed by atoms with Gasteiger partial charge in [0.1, 0.15) is 5.60 Å². The standard InChI is InChI=1S/C15H24N2O3/c1-14(2,3)20-13(19)17-12-8-6-5-7-11(12)15(4,9-16)10-18/h5-8,18H,9-10,16H2,1-4H3,(H,17,19). The minimum absolute atomic E-state index is 0.101. The number of nitrogens with one attached hydrogen (secondary N) is 1. The van der Waals surface area contributed by atoms with Gasteiger partial charge in [-0.25, -0.2) is 4.79 Å². The minimum Gasteiger partial charge on any atom is -0.444 e. The molecule has 1 amide bonds. The Morgan fingerprint density at radius 1 is 1.30 bits per heavy atom. The average molecular weight is 280 g/mol. The van der Waals surface area contributed by atoms with Crippen molar-refractivity contribution in [3.8, 4) is 0 Å². The van der Waals surface area contributed by atoms with Gasteiger partial charge in [0, 0.05) is 17.6 Å². The van der Waals surface area contributed by atoms with Gasteiger partial charge in [-0.1, -0.05) is 25.1 Å². The van der Waals surface area contributed by atoms with E-state index in [2.05, 4.69) is 5.32 Å². The van der Waals surface area contributed by atoms with Crippen molar-refractivity contribution < 1.29 is 14.6 Å². The summed E-state index contributed by atoms with van der Waals surface area (Å²) >= 11 is 0. The van der Waals surface area contributed by atoms with Crippen LogP contribution in [-0.2, 0) is 10.2 Å². The first-order valence-corrected chi connectivity index (χ1v) is 6.62. The molecule has 4 N–H and O–H groups in total. The summed E-state index contributed by atoms with van der Waals surface area (Å²) < 4.78 is 5.23. The Hall–Kier alpha value is -1.59. The third kappa shape index (κ3) is 4.21. The maximum Gasteiger partial charge on any atom is 0.412 e. The van der Waals surface area contributed by atoms with Crippen molar-refractivity contribution in [1.29, 1.82) is 0 Å². The molecular formula is C15H24N2O3. The van der Waals surface area contributed by atoms with Crippen molar-refractivity contribution in [3.05, 3.63) is 29.8 Å². The van der Waals surface area contributed by atoms with Gasteiger partial charge in [-0.05, 0) is 32.4 Å². The highest BCUT2D eigenvalue weighted by atomic mass is 16.6. The van der Waals surface area contributed by atoms with Crippen LogP contribution in [0.3, 0.4) is 0 Å². The molecule has 0 saturated carbocycles. The van der Waals surface area contributed by atoms with Crippen LogP contribution in [0.4, 0.5) is 10.5 Å². The molecule has 0 aromatic heterocycles. The van der Waals surface area contributed by atoms with E-state index in [0.717, 1.165) is 5.56 Å². The second kappa shape index (κ2) is 6.24. The maximum absolute atomic E-state index is 11.9. The van der Waals surface area contributed by atoms with Gasteiger partial charge < -0.3 is 15.6 Å². The summed E-state index contributed by atoms with van der Waals surface area (Å²) in [6, 6.07) is 7.27. The van der Waals surface area contributed by atoms with Crippen molar-refractivity contribution in [2.45, 2.75) is 38.7 Å².